The fourth-order valence-electron chi connectivity index (χ4n) is 4.55. The minimum Gasteiger partial charge on any atom is -0.497 e. The van der Waals surface area contributed by atoms with Crippen molar-refractivity contribution in [2.24, 2.45) is 0 Å². The Hall–Kier alpha value is -3.01. The molecule has 208 valence electrons. The highest BCUT2D eigenvalue weighted by Crippen LogP contribution is 2.49. The first kappa shape index (κ1) is 29.0. The molecule has 1 aliphatic rings. The number of ether oxygens (including phenoxy) is 2. The van der Waals surface area contributed by atoms with Gasteiger partial charge in [0.15, 0.2) is 0 Å². The number of fused-ring (bicyclic) bond motifs is 1. The summed E-state index contributed by atoms with van der Waals surface area (Å²) in [6, 6.07) is 15.2. The van der Waals surface area contributed by atoms with Crippen molar-refractivity contribution in [1.29, 1.82) is 0 Å². The Morgan fingerprint density at radius 1 is 1.15 bits per heavy atom. The number of benzene rings is 2. The van der Waals surface area contributed by atoms with Crippen molar-refractivity contribution in [3.05, 3.63) is 70.4 Å². The zero-order chi connectivity index (χ0) is 28.2. The molecule has 0 aliphatic carbocycles. The molecule has 2 aromatic carbocycles. The molecule has 0 spiro atoms. The molecule has 0 saturated carbocycles. The van der Waals surface area contributed by atoms with Crippen LogP contribution >= 0.6 is 23.4 Å². The van der Waals surface area contributed by atoms with Crippen molar-refractivity contribution in [2.75, 3.05) is 44.6 Å². The molecule has 1 aromatic heterocycles. The van der Waals surface area contributed by atoms with Gasteiger partial charge in [-0.25, -0.2) is 4.68 Å². The van der Waals surface area contributed by atoms with Crippen molar-refractivity contribution in [3.8, 4) is 11.4 Å². The third-order valence-corrected chi connectivity index (χ3v) is 8.03. The summed E-state index contributed by atoms with van der Waals surface area (Å²) in [5.74, 6) is 1.07. The van der Waals surface area contributed by atoms with Crippen LogP contribution in [0.3, 0.4) is 0 Å². The minimum atomic E-state index is -0.358. The van der Waals surface area contributed by atoms with Crippen LogP contribution in [0.5, 0.6) is 5.75 Å². The van der Waals surface area contributed by atoms with Gasteiger partial charge in [0.25, 0.3) is 0 Å². The standard InChI is InChI=1S/C29H35ClN4O4S/c1-29(2,3)27-25-26(21-9-6-7-10-22(21)30)39-18-24(36)33(17-23(35)31-15-8-16-37-4)28(25)34(32-27)19-11-13-20(38-5)14-12-19/h6-7,9-14,26H,8,15-18H2,1-5H3,(H,31,35)/t26-/m1/s1. The Balaban J connectivity index is 1.91. The van der Waals surface area contributed by atoms with E-state index in [0.29, 0.717) is 36.2 Å². The maximum atomic E-state index is 13.7. The van der Waals surface area contributed by atoms with Gasteiger partial charge in [0, 0.05) is 36.3 Å². The van der Waals surface area contributed by atoms with E-state index < -0.39 is 0 Å². The number of thioether (sulfide) groups is 1. The number of methoxy groups -OCH3 is 2. The van der Waals surface area contributed by atoms with Crippen LogP contribution in [0.2, 0.25) is 5.02 Å². The van der Waals surface area contributed by atoms with E-state index in [0.717, 1.165) is 22.5 Å². The van der Waals surface area contributed by atoms with Gasteiger partial charge in [0.2, 0.25) is 11.8 Å². The van der Waals surface area contributed by atoms with Crippen LogP contribution in [0.15, 0.2) is 48.5 Å². The second-order valence-corrected chi connectivity index (χ2v) is 11.8. The van der Waals surface area contributed by atoms with Crippen LogP contribution in [0.4, 0.5) is 5.82 Å². The van der Waals surface area contributed by atoms with Gasteiger partial charge >= 0.3 is 0 Å². The molecule has 0 unspecified atom stereocenters. The number of hydrogen-bond donors (Lipinski definition) is 1. The molecule has 1 atom stereocenters. The monoisotopic (exact) mass is 570 g/mol. The summed E-state index contributed by atoms with van der Waals surface area (Å²) in [5, 5.41) is 8.37. The highest BCUT2D eigenvalue weighted by Gasteiger charge is 2.40. The summed E-state index contributed by atoms with van der Waals surface area (Å²) in [6.45, 7) is 7.18. The Morgan fingerprint density at radius 3 is 2.51 bits per heavy atom. The van der Waals surface area contributed by atoms with Crippen LogP contribution in [0.25, 0.3) is 5.69 Å². The van der Waals surface area contributed by atoms with Crippen molar-refractivity contribution < 1.29 is 19.1 Å². The molecule has 1 aliphatic heterocycles. The highest BCUT2D eigenvalue weighted by molar-refractivity contribution is 8.00. The topological polar surface area (TPSA) is 85.7 Å². The van der Waals surface area contributed by atoms with Crippen LogP contribution in [0.1, 0.15) is 49.3 Å². The smallest absolute Gasteiger partial charge is 0.240 e. The highest BCUT2D eigenvalue weighted by atomic mass is 35.5. The Kier molecular flexibility index (Phi) is 9.25. The van der Waals surface area contributed by atoms with Gasteiger partial charge in [-0.3, -0.25) is 14.5 Å². The minimum absolute atomic E-state index is 0.125. The molecule has 8 nitrogen and oxygen atoms in total. The molecule has 0 saturated heterocycles. The maximum Gasteiger partial charge on any atom is 0.240 e. The summed E-state index contributed by atoms with van der Waals surface area (Å²) < 4.78 is 12.2. The van der Waals surface area contributed by atoms with Crippen molar-refractivity contribution in [1.82, 2.24) is 15.1 Å². The lowest BCUT2D eigenvalue weighted by molar-refractivity contribution is -0.122. The number of nitrogens with one attached hydrogen (secondary N) is 1. The average Bonchev–Trinajstić information content (AvgIpc) is 3.25. The first-order valence-electron chi connectivity index (χ1n) is 12.9. The fraction of sp³-hybridized carbons (Fsp3) is 0.414. The van der Waals surface area contributed by atoms with Crippen molar-refractivity contribution in [2.45, 2.75) is 37.9 Å². The van der Waals surface area contributed by atoms with E-state index in [9.17, 15) is 9.59 Å². The zero-order valence-electron chi connectivity index (χ0n) is 23.0. The normalized spacial score (nSPS) is 15.6. The SMILES string of the molecule is COCCCNC(=O)CN1C(=O)CS[C@H](c2ccccc2Cl)c2c(C(C)(C)C)nn(-c3ccc(OC)cc3)c21. The van der Waals surface area contributed by atoms with Crippen LogP contribution in [-0.4, -0.2) is 61.3 Å². The van der Waals surface area contributed by atoms with Crippen LogP contribution in [-0.2, 0) is 19.7 Å². The van der Waals surface area contributed by atoms with Crippen LogP contribution in [0, 0.1) is 0 Å². The Morgan fingerprint density at radius 2 is 1.87 bits per heavy atom. The zero-order valence-corrected chi connectivity index (χ0v) is 24.6. The number of carbonyl (C=O) groups excluding carboxylic acids is 2. The van der Waals surface area contributed by atoms with E-state index in [1.807, 2.05) is 48.5 Å². The van der Waals surface area contributed by atoms with E-state index in [4.69, 9.17) is 26.2 Å². The van der Waals surface area contributed by atoms with E-state index in [-0.39, 0.29) is 34.8 Å². The van der Waals surface area contributed by atoms with Crippen molar-refractivity contribution in [3.63, 3.8) is 0 Å². The summed E-state index contributed by atoms with van der Waals surface area (Å²) in [4.78, 5) is 28.3. The van der Waals surface area contributed by atoms with E-state index in [1.165, 1.54) is 11.8 Å². The first-order valence-corrected chi connectivity index (χ1v) is 14.3. The molecule has 2 heterocycles. The second-order valence-electron chi connectivity index (χ2n) is 10.3. The fourth-order valence-corrected chi connectivity index (χ4v) is 6.10. The van der Waals surface area contributed by atoms with E-state index in [1.54, 1.807) is 23.8 Å². The predicted octanol–water partition coefficient (Wildman–Crippen LogP) is 5.15. The molecule has 3 aromatic rings. The third-order valence-electron chi connectivity index (χ3n) is 6.45. The van der Waals surface area contributed by atoms with Gasteiger partial charge in [-0.1, -0.05) is 50.6 Å². The van der Waals surface area contributed by atoms with Gasteiger partial charge in [-0.05, 0) is 42.3 Å². The second kappa shape index (κ2) is 12.4. The number of anilines is 1. The first-order chi connectivity index (χ1) is 18.7. The van der Waals surface area contributed by atoms with Gasteiger partial charge in [-0.2, -0.15) is 5.10 Å². The summed E-state index contributed by atoms with van der Waals surface area (Å²) in [7, 11) is 3.24. The number of hydrogen-bond acceptors (Lipinski definition) is 6. The summed E-state index contributed by atoms with van der Waals surface area (Å²) >= 11 is 8.22. The summed E-state index contributed by atoms with van der Waals surface area (Å²) in [6.07, 6.45) is 0.684. The Bertz CT molecular complexity index is 1320. The molecule has 0 fully saturated rings. The number of carbonyl (C=O) groups is 2. The van der Waals surface area contributed by atoms with Gasteiger partial charge in [0.05, 0.1) is 29.5 Å². The largest absolute Gasteiger partial charge is 0.497 e. The number of aromatic nitrogens is 2. The lowest BCUT2D eigenvalue weighted by Crippen LogP contribution is -2.42. The predicted molar refractivity (Wildman–Crippen MR) is 156 cm³/mol. The molecule has 2 amide bonds. The molecule has 4 rings (SSSR count). The quantitative estimate of drug-likeness (QED) is 0.358. The van der Waals surface area contributed by atoms with Gasteiger partial charge in [0.1, 0.15) is 18.1 Å². The number of amides is 2. The molecule has 10 heteroatoms. The van der Waals surface area contributed by atoms with Crippen LogP contribution < -0.4 is 15.0 Å². The number of rotatable bonds is 9. The molecular formula is C29H35ClN4O4S. The lowest BCUT2D eigenvalue weighted by Gasteiger charge is -2.25. The lowest BCUT2D eigenvalue weighted by atomic mass is 9.87. The van der Waals surface area contributed by atoms with Gasteiger partial charge in [-0.15, -0.1) is 11.8 Å². The van der Waals surface area contributed by atoms with Gasteiger partial charge < -0.3 is 14.8 Å². The molecular weight excluding hydrogens is 536 g/mol. The number of nitrogens with zero attached hydrogens (tertiary/aromatic N) is 3. The maximum absolute atomic E-state index is 13.7. The van der Waals surface area contributed by atoms with Crippen molar-refractivity contribution >= 4 is 41.0 Å². The molecule has 1 N–H and O–H groups in total. The van der Waals surface area contributed by atoms with E-state index in [2.05, 4.69) is 26.1 Å². The number of halogens is 1. The molecule has 39 heavy (non-hydrogen) atoms. The molecule has 0 radical (unpaired) electrons. The summed E-state index contributed by atoms with van der Waals surface area (Å²) in [5.41, 5.74) is 3.03. The third kappa shape index (κ3) is 6.42. The average molecular weight is 571 g/mol. The Labute approximate surface area is 239 Å². The van der Waals surface area contributed by atoms with E-state index >= 15 is 0 Å². The molecule has 0 bridgehead atoms.